The lowest BCUT2D eigenvalue weighted by molar-refractivity contribution is -0.142. The number of guanidine groups is 1. The molecule has 0 spiro atoms. The lowest BCUT2D eigenvalue weighted by Crippen LogP contribution is -2.39. The summed E-state index contributed by atoms with van der Waals surface area (Å²) in [5, 5.41) is 9.30. The molecule has 2 N–H and O–H groups in total. The van der Waals surface area contributed by atoms with Gasteiger partial charge in [0.1, 0.15) is 0 Å². The van der Waals surface area contributed by atoms with Crippen LogP contribution in [0.1, 0.15) is 17.6 Å². The van der Waals surface area contributed by atoms with Crippen LogP contribution in [-0.2, 0) is 6.42 Å². The Kier molecular flexibility index (Phi) is 8.32. The summed E-state index contributed by atoms with van der Waals surface area (Å²) >= 11 is 1.61. The van der Waals surface area contributed by atoms with E-state index in [0.29, 0.717) is 25.6 Å². The molecule has 0 saturated carbocycles. The molecule has 23 heavy (non-hydrogen) atoms. The van der Waals surface area contributed by atoms with Gasteiger partial charge in [0.25, 0.3) is 0 Å². The van der Waals surface area contributed by atoms with E-state index in [4.69, 9.17) is 0 Å². The van der Waals surface area contributed by atoms with Crippen LogP contribution in [0.25, 0.3) is 0 Å². The fourth-order valence-corrected chi connectivity index (χ4v) is 2.54. The number of hydrogen-bond acceptors (Lipinski definition) is 4. The predicted octanol–water partition coefficient (Wildman–Crippen LogP) is 2.04. The summed E-state index contributed by atoms with van der Waals surface area (Å²) in [6.45, 7) is 4.91. The minimum Gasteiger partial charge on any atom is -0.357 e. The van der Waals surface area contributed by atoms with Crippen LogP contribution in [0.15, 0.2) is 10.4 Å². The van der Waals surface area contributed by atoms with Crippen molar-refractivity contribution in [3.63, 3.8) is 0 Å². The number of alkyl halides is 3. The number of likely N-dealkylation sites (N-methyl/N-ethyl adjacent to an activating group) is 1. The smallest absolute Gasteiger partial charge is 0.357 e. The van der Waals surface area contributed by atoms with Gasteiger partial charge in [-0.1, -0.05) is 0 Å². The molecular formula is C14H24F3N5S. The molecule has 0 unspecified atom stereocenters. The molecule has 0 aliphatic carbocycles. The lowest BCUT2D eigenvalue weighted by atomic mass is 10.3. The summed E-state index contributed by atoms with van der Waals surface area (Å²) in [7, 11) is 1.44. The third-order valence-corrected chi connectivity index (χ3v) is 3.71. The van der Waals surface area contributed by atoms with Crippen LogP contribution in [0.4, 0.5) is 13.2 Å². The van der Waals surface area contributed by atoms with E-state index in [9.17, 15) is 13.2 Å². The molecule has 0 fully saturated rings. The molecule has 5 nitrogen and oxygen atoms in total. The normalized spacial score (nSPS) is 12.7. The Hall–Kier alpha value is -1.35. The number of rotatable bonds is 8. The standard InChI is InChI=1S/C14H24F3N5S/c1-4-18-13(19-6-5-12-9-23-11(2)21-12)20-7-8-22(3)10-14(15,16)17/h9H,4-8,10H2,1-3H3,(H2,18,19,20). The van der Waals surface area contributed by atoms with Crippen molar-refractivity contribution in [1.82, 2.24) is 20.5 Å². The van der Waals surface area contributed by atoms with E-state index in [0.717, 1.165) is 17.1 Å². The number of thiazole rings is 1. The summed E-state index contributed by atoms with van der Waals surface area (Å²) in [5.41, 5.74) is 1.03. The maximum Gasteiger partial charge on any atom is 0.401 e. The van der Waals surface area contributed by atoms with Crippen molar-refractivity contribution in [3.05, 3.63) is 16.1 Å². The fraction of sp³-hybridized carbons (Fsp3) is 0.714. The maximum atomic E-state index is 12.2. The molecule has 0 aliphatic rings. The summed E-state index contributed by atoms with van der Waals surface area (Å²) in [5.74, 6) is 0.611. The molecular weight excluding hydrogens is 327 g/mol. The van der Waals surface area contributed by atoms with Crippen molar-refractivity contribution in [2.45, 2.75) is 26.4 Å². The Bertz CT molecular complexity index is 487. The second-order valence-electron chi connectivity index (χ2n) is 5.15. The van der Waals surface area contributed by atoms with Gasteiger partial charge in [-0.2, -0.15) is 13.2 Å². The first-order chi connectivity index (χ1) is 10.8. The van der Waals surface area contributed by atoms with E-state index in [1.165, 1.54) is 11.9 Å². The number of hydrogen-bond donors (Lipinski definition) is 2. The summed E-state index contributed by atoms with van der Waals surface area (Å²) in [6, 6.07) is 0. The minimum absolute atomic E-state index is 0.251. The van der Waals surface area contributed by atoms with Crippen LogP contribution in [-0.4, -0.2) is 61.8 Å². The fourth-order valence-electron chi connectivity index (χ4n) is 1.89. The number of halogens is 3. The molecule has 0 bridgehead atoms. The van der Waals surface area contributed by atoms with Crippen LogP contribution in [0.2, 0.25) is 0 Å². The molecule has 1 aromatic rings. The van der Waals surface area contributed by atoms with Crippen molar-refractivity contribution < 1.29 is 13.2 Å². The molecule has 0 aromatic carbocycles. The Labute approximate surface area is 139 Å². The Morgan fingerprint density at radius 3 is 2.70 bits per heavy atom. The predicted molar refractivity (Wildman–Crippen MR) is 88.1 cm³/mol. The Morgan fingerprint density at radius 1 is 1.39 bits per heavy atom. The third-order valence-electron chi connectivity index (χ3n) is 2.89. The number of nitrogens with zero attached hydrogens (tertiary/aromatic N) is 3. The van der Waals surface area contributed by atoms with E-state index in [2.05, 4.69) is 20.6 Å². The molecule has 0 aliphatic heterocycles. The number of aliphatic imine (C=N–C) groups is 1. The van der Waals surface area contributed by atoms with Gasteiger partial charge >= 0.3 is 6.18 Å². The molecule has 0 amide bonds. The van der Waals surface area contributed by atoms with Gasteiger partial charge in [0, 0.05) is 31.4 Å². The van der Waals surface area contributed by atoms with Gasteiger partial charge in [-0.15, -0.1) is 11.3 Å². The molecule has 132 valence electrons. The summed E-state index contributed by atoms with van der Waals surface area (Å²) < 4.78 is 36.7. The molecule has 1 aromatic heterocycles. The number of aromatic nitrogens is 1. The highest BCUT2D eigenvalue weighted by Crippen LogP contribution is 2.15. The highest BCUT2D eigenvalue weighted by molar-refractivity contribution is 7.09. The van der Waals surface area contributed by atoms with Gasteiger partial charge in [-0.25, -0.2) is 4.98 Å². The van der Waals surface area contributed by atoms with Crippen molar-refractivity contribution in [3.8, 4) is 0 Å². The monoisotopic (exact) mass is 351 g/mol. The van der Waals surface area contributed by atoms with E-state index in [-0.39, 0.29) is 6.54 Å². The largest absolute Gasteiger partial charge is 0.401 e. The van der Waals surface area contributed by atoms with Crippen LogP contribution in [0.5, 0.6) is 0 Å². The van der Waals surface area contributed by atoms with E-state index < -0.39 is 12.7 Å². The second kappa shape index (κ2) is 9.71. The molecule has 1 heterocycles. The molecule has 0 saturated heterocycles. The first-order valence-corrected chi connectivity index (χ1v) is 8.36. The third kappa shape index (κ3) is 9.39. The van der Waals surface area contributed by atoms with Crippen molar-refractivity contribution in [1.29, 1.82) is 0 Å². The van der Waals surface area contributed by atoms with Crippen LogP contribution in [0.3, 0.4) is 0 Å². The van der Waals surface area contributed by atoms with Crippen molar-refractivity contribution in [2.75, 3.05) is 39.8 Å². The van der Waals surface area contributed by atoms with Gasteiger partial charge in [0.2, 0.25) is 0 Å². The van der Waals surface area contributed by atoms with Crippen molar-refractivity contribution >= 4 is 17.3 Å². The highest BCUT2D eigenvalue weighted by atomic mass is 32.1. The second-order valence-corrected chi connectivity index (χ2v) is 6.21. The van der Waals surface area contributed by atoms with Crippen LogP contribution < -0.4 is 10.6 Å². The van der Waals surface area contributed by atoms with Crippen LogP contribution in [0, 0.1) is 6.92 Å². The SMILES string of the molecule is CCNC(=NCCN(C)CC(F)(F)F)NCCc1csc(C)n1. The van der Waals surface area contributed by atoms with Gasteiger partial charge in [-0.05, 0) is 20.9 Å². The molecule has 1 rings (SSSR count). The van der Waals surface area contributed by atoms with E-state index in [1.54, 1.807) is 11.3 Å². The topological polar surface area (TPSA) is 52.6 Å². The first-order valence-electron chi connectivity index (χ1n) is 7.48. The average molecular weight is 351 g/mol. The Balaban J connectivity index is 2.34. The van der Waals surface area contributed by atoms with E-state index in [1.807, 2.05) is 19.2 Å². The zero-order valence-corrected chi connectivity index (χ0v) is 14.5. The minimum atomic E-state index is -4.17. The zero-order chi connectivity index (χ0) is 17.3. The highest BCUT2D eigenvalue weighted by Gasteiger charge is 2.28. The zero-order valence-electron chi connectivity index (χ0n) is 13.7. The van der Waals surface area contributed by atoms with Gasteiger partial charge in [0.15, 0.2) is 5.96 Å². The number of aryl methyl sites for hydroxylation is 1. The molecule has 0 atom stereocenters. The average Bonchev–Trinajstić information content (AvgIpc) is 2.82. The summed E-state index contributed by atoms with van der Waals surface area (Å²) in [4.78, 5) is 9.88. The van der Waals surface area contributed by atoms with Gasteiger partial charge in [-0.3, -0.25) is 9.89 Å². The lowest BCUT2D eigenvalue weighted by Gasteiger charge is -2.17. The number of nitrogens with one attached hydrogen (secondary N) is 2. The first kappa shape index (κ1) is 19.7. The van der Waals surface area contributed by atoms with Crippen LogP contribution >= 0.6 is 11.3 Å². The van der Waals surface area contributed by atoms with Crippen molar-refractivity contribution in [2.24, 2.45) is 4.99 Å². The van der Waals surface area contributed by atoms with Gasteiger partial charge < -0.3 is 10.6 Å². The summed E-state index contributed by atoms with van der Waals surface area (Å²) in [6.07, 6.45) is -3.39. The quantitative estimate of drug-likeness (QED) is 0.556. The van der Waals surface area contributed by atoms with E-state index >= 15 is 0 Å². The maximum absolute atomic E-state index is 12.2. The van der Waals surface area contributed by atoms with Gasteiger partial charge in [0.05, 0.1) is 23.8 Å². The molecule has 9 heteroatoms. The Morgan fingerprint density at radius 2 is 2.13 bits per heavy atom. The molecule has 0 radical (unpaired) electrons.